The molecule has 12 aromatic rings. The zero-order valence-electron chi connectivity index (χ0n) is 34.0. The van der Waals surface area contributed by atoms with E-state index in [1.807, 2.05) is 0 Å². The van der Waals surface area contributed by atoms with Crippen molar-refractivity contribution in [3.8, 4) is 67.0 Å². The third kappa shape index (κ3) is 6.12. The van der Waals surface area contributed by atoms with Crippen molar-refractivity contribution in [3.05, 3.63) is 243 Å². The molecule has 0 radical (unpaired) electrons. The molecule has 2 heteroatoms. The highest BCUT2D eigenvalue weighted by Crippen LogP contribution is 2.40. The highest BCUT2D eigenvalue weighted by molar-refractivity contribution is 6.13. The van der Waals surface area contributed by atoms with Gasteiger partial charge < -0.3 is 9.13 Å². The van der Waals surface area contributed by atoms with E-state index >= 15 is 0 Å². The molecule has 62 heavy (non-hydrogen) atoms. The van der Waals surface area contributed by atoms with Gasteiger partial charge in [0.15, 0.2) is 0 Å². The van der Waals surface area contributed by atoms with Crippen molar-refractivity contribution in [2.24, 2.45) is 0 Å². The Morgan fingerprint density at radius 2 is 0.419 bits per heavy atom. The fourth-order valence-corrected chi connectivity index (χ4v) is 9.49. The molecule has 0 aliphatic carbocycles. The molecule has 10 aromatic carbocycles. The van der Waals surface area contributed by atoms with Crippen LogP contribution in [0.1, 0.15) is 0 Å². The van der Waals surface area contributed by atoms with E-state index in [2.05, 4.69) is 252 Å². The maximum absolute atomic E-state index is 2.43. The quantitative estimate of drug-likeness (QED) is 0.152. The number of hydrogen-bond donors (Lipinski definition) is 0. The van der Waals surface area contributed by atoms with Gasteiger partial charge in [-0.1, -0.05) is 170 Å². The molecule has 2 nitrogen and oxygen atoms in total. The summed E-state index contributed by atoms with van der Waals surface area (Å²) in [6.07, 6.45) is 0. The standard InChI is InChI=1S/C60H40N2/c1-5-15-41(16-6-1)47-27-31-57-53(37-47)54-38-48(42-17-7-2-8-18-42)28-32-58(54)61(57)51-25-13-23-45(35-51)46-24-14-26-52(36-46)62-59-33-29-49(43-19-9-3-10-20-43)39-55(59)56-40-50(30-34-60(56)62)44-21-11-4-12-22-44/h1-40H. The maximum atomic E-state index is 2.43. The van der Waals surface area contributed by atoms with Crippen LogP contribution in [0.5, 0.6) is 0 Å². The Labute approximate surface area is 360 Å². The van der Waals surface area contributed by atoms with Crippen molar-refractivity contribution in [1.29, 1.82) is 0 Å². The lowest BCUT2D eigenvalue weighted by Crippen LogP contribution is -1.96. The first-order chi connectivity index (χ1) is 30.7. The Morgan fingerprint density at radius 3 is 0.694 bits per heavy atom. The summed E-state index contributed by atoms with van der Waals surface area (Å²) in [6.45, 7) is 0. The van der Waals surface area contributed by atoms with E-state index in [9.17, 15) is 0 Å². The highest BCUT2D eigenvalue weighted by Gasteiger charge is 2.18. The van der Waals surface area contributed by atoms with E-state index in [0.717, 1.165) is 11.4 Å². The SMILES string of the molecule is c1ccc(-c2ccc3c(c2)c2cc(-c4ccccc4)ccc2n3-c2cccc(-c3cccc(-n4c5ccc(-c6ccccc6)cc5c5cc(-c6ccccc6)ccc54)c3)c2)cc1. The zero-order chi connectivity index (χ0) is 41.0. The Morgan fingerprint density at radius 1 is 0.177 bits per heavy atom. The second kappa shape index (κ2) is 14.8. The van der Waals surface area contributed by atoms with E-state index in [0.29, 0.717) is 0 Å². The number of hydrogen-bond acceptors (Lipinski definition) is 0. The van der Waals surface area contributed by atoms with Gasteiger partial charge in [-0.3, -0.25) is 0 Å². The van der Waals surface area contributed by atoms with Gasteiger partial charge in [-0.05, 0) is 128 Å². The lowest BCUT2D eigenvalue weighted by atomic mass is 10.0. The Balaban J connectivity index is 1.00. The van der Waals surface area contributed by atoms with Gasteiger partial charge in [0.25, 0.3) is 0 Å². The van der Waals surface area contributed by atoms with Crippen molar-refractivity contribution in [3.63, 3.8) is 0 Å². The maximum Gasteiger partial charge on any atom is 0.0541 e. The van der Waals surface area contributed by atoms with Crippen LogP contribution in [-0.2, 0) is 0 Å². The third-order valence-electron chi connectivity index (χ3n) is 12.5. The van der Waals surface area contributed by atoms with Crippen molar-refractivity contribution in [1.82, 2.24) is 9.13 Å². The molecule has 0 aliphatic rings. The molecule has 0 aliphatic heterocycles. The normalized spacial score (nSPS) is 11.5. The number of fused-ring (bicyclic) bond motifs is 6. The van der Waals surface area contributed by atoms with E-state index in [4.69, 9.17) is 0 Å². The van der Waals surface area contributed by atoms with Crippen LogP contribution in [0.2, 0.25) is 0 Å². The minimum atomic E-state index is 1.13. The molecule has 0 atom stereocenters. The first-order valence-corrected chi connectivity index (χ1v) is 21.3. The Kier molecular flexibility index (Phi) is 8.53. The van der Waals surface area contributed by atoms with Crippen LogP contribution in [0.3, 0.4) is 0 Å². The summed E-state index contributed by atoms with van der Waals surface area (Å²) < 4.78 is 4.87. The summed E-state index contributed by atoms with van der Waals surface area (Å²) in [4.78, 5) is 0. The van der Waals surface area contributed by atoms with Crippen LogP contribution in [0.25, 0.3) is 111 Å². The van der Waals surface area contributed by atoms with Crippen molar-refractivity contribution in [2.75, 3.05) is 0 Å². The molecule has 0 amide bonds. The van der Waals surface area contributed by atoms with Crippen LogP contribution in [-0.4, -0.2) is 9.13 Å². The minimum Gasteiger partial charge on any atom is -0.309 e. The van der Waals surface area contributed by atoms with Crippen molar-refractivity contribution < 1.29 is 0 Å². The second-order valence-corrected chi connectivity index (χ2v) is 16.2. The molecule has 0 N–H and O–H groups in total. The minimum absolute atomic E-state index is 1.13. The fourth-order valence-electron chi connectivity index (χ4n) is 9.49. The Bertz CT molecular complexity index is 3160. The summed E-state index contributed by atoms with van der Waals surface area (Å²) in [6, 6.07) is 88.5. The molecular weight excluding hydrogens is 749 g/mol. The molecule has 0 bridgehead atoms. The molecule has 0 spiro atoms. The summed E-state index contributed by atoms with van der Waals surface area (Å²) in [5.41, 5.74) is 19.1. The van der Waals surface area contributed by atoms with Crippen LogP contribution >= 0.6 is 0 Å². The molecule has 12 rings (SSSR count). The molecule has 0 unspecified atom stereocenters. The van der Waals surface area contributed by atoms with Crippen LogP contribution in [0.4, 0.5) is 0 Å². The second-order valence-electron chi connectivity index (χ2n) is 16.2. The molecule has 0 fully saturated rings. The van der Waals surface area contributed by atoms with E-state index in [-0.39, 0.29) is 0 Å². The van der Waals surface area contributed by atoms with Gasteiger partial charge in [-0.25, -0.2) is 0 Å². The molecule has 0 saturated heterocycles. The van der Waals surface area contributed by atoms with Gasteiger partial charge in [0, 0.05) is 32.9 Å². The van der Waals surface area contributed by atoms with Gasteiger partial charge in [0.1, 0.15) is 0 Å². The lowest BCUT2D eigenvalue weighted by Gasteiger charge is -2.13. The Hall–Kier alpha value is -8.20. The predicted octanol–water partition coefficient (Wildman–Crippen LogP) is 16.2. The number of aromatic nitrogens is 2. The van der Waals surface area contributed by atoms with Gasteiger partial charge in [-0.2, -0.15) is 0 Å². The first kappa shape index (κ1) is 35.7. The topological polar surface area (TPSA) is 9.86 Å². The molecule has 2 heterocycles. The first-order valence-electron chi connectivity index (χ1n) is 21.3. The van der Waals surface area contributed by atoms with E-state index in [1.165, 1.54) is 99.2 Å². The van der Waals surface area contributed by atoms with Crippen LogP contribution < -0.4 is 0 Å². The van der Waals surface area contributed by atoms with Gasteiger partial charge in [0.2, 0.25) is 0 Å². The third-order valence-corrected chi connectivity index (χ3v) is 12.5. The number of rotatable bonds is 7. The van der Waals surface area contributed by atoms with Gasteiger partial charge >= 0.3 is 0 Å². The monoisotopic (exact) mass is 788 g/mol. The van der Waals surface area contributed by atoms with Gasteiger partial charge in [-0.15, -0.1) is 0 Å². The average molecular weight is 789 g/mol. The van der Waals surface area contributed by atoms with Gasteiger partial charge in [0.05, 0.1) is 22.1 Å². The highest BCUT2D eigenvalue weighted by atomic mass is 15.0. The summed E-state index contributed by atoms with van der Waals surface area (Å²) >= 11 is 0. The number of benzene rings is 10. The smallest absolute Gasteiger partial charge is 0.0541 e. The summed E-state index contributed by atoms with van der Waals surface area (Å²) in [5, 5.41) is 4.96. The summed E-state index contributed by atoms with van der Waals surface area (Å²) in [5.74, 6) is 0. The number of nitrogens with zero attached hydrogens (tertiary/aromatic N) is 2. The average Bonchev–Trinajstić information content (AvgIpc) is 3.86. The van der Waals surface area contributed by atoms with E-state index in [1.54, 1.807) is 0 Å². The van der Waals surface area contributed by atoms with Crippen molar-refractivity contribution >= 4 is 43.6 Å². The predicted molar refractivity (Wildman–Crippen MR) is 262 cm³/mol. The molecule has 0 saturated carbocycles. The zero-order valence-corrected chi connectivity index (χ0v) is 34.0. The fraction of sp³-hybridized carbons (Fsp3) is 0. The largest absolute Gasteiger partial charge is 0.309 e. The van der Waals surface area contributed by atoms with E-state index < -0.39 is 0 Å². The summed E-state index contributed by atoms with van der Waals surface area (Å²) in [7, 11) is 0. The molecule has 2 aromatic heterocycles. The molecular formula is C60H40N2. The molecule has 290 valence electrons. The van der Waals surface area contributed by atoms with Crippen molar-refractivity contribution in [2.45, 2.75) is 0 Å². The lowest BCUT2D eigenvalue weighted by molar-refractivity contribution is 1.17. The van der Waals surface area contributed by atoms with Crippen LogP contribution in [0.15, 0.2) is 243 Å². The van der Waals surface area contributed by atoms with Crippen LogP contribution in [0, 0.1) is 0 Å².